The smallest absolute Gasteiger partial charge is 0.337 e. The molecule has 1 aromatic carbocycles. The lowest BCUT2D eigenvalue weighted by Crippen LogP contribution is -2.19. The maximum absolute atomic E-state index is 12.3. The van der Waals surface area contributed by atoms with Crippen molar-refractivity contribution in [3.8, 4) is 0 Å². The molecule has 0 saturated heterocycles. The summed E-state index contributed by atoms with van der Waals surface area (Å²) >= 11 is 1.29. The second-order valence-electron chi connectivity index (χ2n) is 5.08. The van der Waals surface area contributed by atoms with Crippen LogP contribution >= 0.6 is 11.3 Å². The number of ether oxygens (including phenoxy) is 3. The minimum Gasteiger partial charge on any atom is -0.494 e. The van der Waals surface area contributed by atoms with E-state index in [1.165, 1.54) is 24.7 Å². The fourth-order valence-corrected chi connectivity index (χ4v) is 3.41. The van der Waals surface area contributed by atoms with Gasteiger partial charge in [-0.25, -0.2) is 4.79 Å². The number of fused-ring (bicyclic) bond motifs is 1. The van der Waals surface area contributed by atoms with Crippen LogP contribution in [0.25, 0.3) is 10.2 Å². The van der Waals surface area contributed by atoms with Crippen molar-refractivity contribution >= 4 is 33.4 Å². The molecule has 0 spiro atoms. The van der Waals surface area contributed by atoms with Crippen LogP contribution in [0.5, 0.6) is 0 Å². The molecule has 3 rings (SSSR count). The molecule has 0 radical (unpaired) electrons. The van der Waals surface area contributed by atoms with Gasteiger partial charge in [0.15, 0.2) is 4.80 Å². The summed E-state index contributed by atoms with van der Waals surface area (Å²) in [5.74, 6) is -0.862. The first-order valence-corrected chi connectivity index (χ1v) is 8.32. The first-order valence-electron chi connectivity index (χ1n) is 7.50. The van der Waals surface area contributed by atoms with E-state index >= 15 is 0 Å². The molecule has 0 N–H and O–H groups in total. The molecule has 0 saturated carbocycles. The van der Waals surface area contributed by atoms with Gasteiger partial charge in [0.25, 0.3) is 0 Å². The number of hydrogen-bond donors (Lipinski definition) is 0. The van der Waals surface area contributed by atoms with Gasteiger partial charge in [-0.15, -0.1) is 6.58 Å². The van der Waals surface area contributed by atoms with E-state index in [1.54, 1.807) is 24.3 Å². The average Bonchev–Trinajstić information content (AvgIpc) is 2.98. The summed E-state index contributed by atoms with van der Waals surface area (Å²) in [6, 6.07) is 5.19. The number of hydrogen-bond acceptors (Lipinski definition) is 6. The van der Waals surface area contributed by atoms with Crippen molar-refractivity contribution in [2.75, 3.05) is 20.3 Å². The van der Waals surface area contributed by atoms with Crippen LogP contribution in [0.3, 0.4) is 0 Å². The van der Waals surface area contributed by atoms with Crippen LogP contribution in [0, 0.1) is 0 Å². The number of nitrogens with zero attached hydrogens (tertiary/aromatic N) is 2. The number of allylic oxidation sites excluding steroid dienone is 1. The van der Waals surface area contributed by atoms with Gasteiger partial charge in [-0.2, -0.15) is 4.99 Å². The molecule has 0 unspecified atom stereocenters. The topological polar surface area (TPSA) is 79.1 Å². The molecule has 1 aliphatic heterocycles. The molecular weight excluding hydrogens is 344 g/mol. The summed E-state index contributed by atoms with van der Waals surface area (Å²) in [7, 11) is 1.33. The Balaban J connectivity index is 2.09. The molecule has 8 heteroatoms. The van der Waals surface area contributed by atoms with Gasteiger partial charge in [0.2, 0.25) is 5.76 Å². The Morgan fingerprint density at radius 1 is 1.44 bits per heavy atom. The van der Waals surface area contributed by atoms with E-state index in [1.807, 2.05) is 4.57 Å². The van der Waals surface area contributed by atoms with E-state index in [-0.39, 0.29) is 5.76 Å². The highest BCUT2D eigenvalue weighted by molar-refractivity contribution is 7.16. The molecule has 1 amide bonds. The van der Waals surface area contributed by atoms with Crippen molar-refractivity contribution in [2.24, 2.45) is 4.99 Å². The van der Waals surface area contributed by atoms with Crippen LogP contribution in [0.15, 0.2) is 47.9 Å². The highest BCUT2D eigenvalue weighted by Gasteiger charge is 2.16. The number of aromatic nitrogens is 1. The highest BCUT2D eigenvalue weighted by atomic mass is 32.1. The SMILES string of the molecule is C=CCn1c(=NC(=O)C2=COCCO2)sc2cc(C(=O)OC)ccc21. The monoisotopic (exact) mass is 360 g/mol. The van der Waals surface area contributed by atoms with Crippen molar-refractivity contribution in [3.05, 3.63) is 53.2 Å². The largest absolute Gasteiger partial charge is 0.494 e. The lowest BCUT2D eigenvalue weighted by Gasteiger charge is -2.12. The Kier molecular flexibility index (Phi) is 4.99. The van der Waals surface area contributed by atoms with Gasteiger partial charge in [-0.05, 0) is 18.2 Å². The van der Waals surface area contributed by atoms with Crippen LogP contribution in [-0.2, 0) is 25.5 Å². The number of benzene rings is 1. The third kappa shape index (κ3) is 3.48. The van der Waals surface area contributed by atoms with Gasteiger partial charge < -0.3 is 18.8 Å². The summed E-state index contributed by atoms with van der Waals surface area (Å²) in [6.07, 6.45) is 2.99. The zero-order valence-corrected chi connectivity index (χ0v) is 14.4. The molecule has 2 heterocycles. The van der Waals surface area contributed by atoms with Crippen molar-refractivity contribution < 1.29 is 23.8 Å². The molecule has 0 aliphatic carbocycles. The Bertz CT molecular complexity index is 938. The summed E-state index contributed by atoms with van der Waals surface area (Å²) in [5.41, 5.74) is 1.28. The third-order valence-electron chi connectivity index (χ3n) is 3.47. The Labute approximate surface area is 147 Å². The Hall–Kier alpha value is -2.87. The van der Waals surface area contributed by atoms with Crippen LogP contribution in [0.2, 0.25) is 0 Å². The van der Waals surface area contributed by atoms with Crippen LogP contribution in [0.1, 0.15) is 10.4 Å². The highest BCUT2D eigenvalue weighted by Crippen LogP contribution is 2.20. The molecule has 1 aliphatic rings. The molecular formula is C17H16N2O5S. The zero-order valence-electron chi connectivity index (χ0n) is 13.6. The van der Waals surface area contributed by atoms with Gasteiger partial charge in [0.05, 0.1) is 22.9 Å². The quantitative estimate of drug-likeness (QED) is 0.615. The maximum Gasteiger partial charge on any atom is 0.337 e. The van der Waals surface area contributed by atoms with E-state index < -0.39 is 11.9 Å². The first kappa shape index (κ1) is 17.0. The second-order valence-corrected chi connectivity index (χ2v) is 6.09. The molecule has 2 aromatic rings. The lowest BCUT2D eigenvalue weighted by molar-refractivity contribution is -0.119. The van der Waals surface area contributed by atoms with Gasteiger partial charge in [0, 0.05) is 6.54 Å². The Morgan fingerprint density at radius 3 is 2.96 bits per heavy atom. The van der Waals surface area contributed by atoms with E-state index in [0.717, 1.165) is 10.2 Å². The number of carbonyl (C=O) groups excluding carboxylic acids is 2. The molecule has 1 aromatic heterocycles. The van der Waals surface area contributed by atoms with Crippen molar-refractivity contribution in [3.63, 3.8) is 0 Å². The van der Waals surface area contributed by atoms with E-state index in [0.29, 0.717) is 30.1 Å². The summed E-state index contributed by atoms with van der Waals surface area (Å²) in [6.45, 7) is 4.93. The zero-order chi connectivity index (χ0) is 17.8. The number of thiazole rings is 1. The van der Waals surface area contributed by atoms with Gasteiger partial charge in [-0.3, -0.25) is 4.79 Å². The average molecular weight is 360 g/mol. The maximum atomic E-state index is 12.3. The molecule has 130 valence electrons. The summed E-state index contributed by atoms with van der Waals surface area (Å²) in [4.78, 5) is 28.6. The van der Waals surface area contributed by atoms with Gasteiger partial charge >= 0.3 is 11.9 Å². The van der Waals surface area contributed by atoms with Gasteiger partial charge in [-0.1, -0.05) is 17.4 Å². The molecule has 0 fully saturated rings. The van der Waals surface area contributed by atoms with Crippen molar-refractivity contribution in [1.82, 2.24) is 4.57 Å². The first-order chi connectivity index (χ1) is 12.1. The van der Waals surface area contributed by atoms with E-state index in [2.05, 4.69) is 11.6 Å². The molecule has 25 heavy (non-hydrogen) atoms. The molecule has 0 atom stereocenters. The fraction of sp³-hybridized carbons (Fsp3) is 0.235. The number of rotatable bonds is 4. The van der Waals surface area contributed by atoms with Crippen molar-refractivity contribution in [2.45, 2.75) is 6.54 Å². The van der Waals surface area contributed by atoms with E-state index in [4.69, 9.17) is 14.2 Å². The summed E-state index contributed by atoms with van der Waals surface area (Å²) in [5, 5.41) is 0. The van der Waals surface area contributed by atoms with E-state index in [9.17, 15) is 9.59 Å². The summed E-state index contributed by atoms with van der Waals surface area (Å²) < 4.78 is 17.7. The molecule has 0 bridgehead atoms. The van der Waals surface area contributed by atoms with Gasteiger partial charge in [0.1, 0.15) is 19.5 Å². The normalized spacial score (nSPS) is 14.4. The Morgan fingerprint density at radius 2 is 2.28 bits per heavy atom. The standard InChI is InChI=1S/C17H16N2O5S/c1-3-6-19-12-5-4-11(16(21)22-2)9-14(12)25-17(19)18-15(20)13-10-23-7-8-24-13/h3-5,9-10H,1,6-8H2,2H3. The van der Waals surface area contributed by atoms with Crippen LogP contribution in [0.4, 0.5) is 0 Å². The third-order valence-corrected chi connectivity index (χ3v) is 4.51. The number of carbonyl (C=O) groups is 2. The number of methoxy groups -OCH3 is 1. The number of esters is 1. The minimum absolute atomic E-state index is 0.0732. The van der Waals surface area contributed by atoms with Crippen molar-refractivity contribution in [1.29, 1.82) is 0 Å². The van der Waals surface area contributed by atoms with Crippen LogP contribution in [-0.4, -0.2) is 36.8 Å². The lowest BCUT2D eigenvalue weighted by atomic mass is 10.2. The minimum atomic E-state index is -0.516. The fourth-order valence-electron chi connectivity index (χ4n) is 2.33. The predicted molar refractivity (Wildman–Crippen MR) is 91.9 cm³/mol. The number of amides is 1. The van der Waals surface area contributed by atoms with Crippen LogP contribution < -0.4 is 4.80 Å². The molecule has 7 nitrogen and oxygen atoms in total. The predicted octanol–water partition coefficient (Wildman–Crippen LogP) is 1.99. The second kappa shape index (κ2) is 7.35.